The Labute approximate surface area is 104 Å². The molecule has 0 unspecified atom stereocenters. The van der Waals surface area contributed by atoms with Crippen LogP contribution in [0.1, 0.15) is 18.5 Å². The number of rotatable bonds is 3. The van der Waals surface area contributed by atoms with Crippen molar-refractivity contribution in [3.8, 4) is 0 Å². The summed E-state index contributed by atoms with van der Waals surface area (Å²) in [5, 5.41) is 19.1. The van der Waals surface area contributed by atoms with E-state index in [0.29, 0.717) is 18.7 Å². The Morgan fingerprint density at radius 2 is 2.39 bits per heavy atom. The molecule has 1 aromatic rings. The van der Waals surface area contributed by atoms with Gasteiger partial charge in [-0.15, -0.1) is 0 Å². The van der Waals surface area contributed by atoms with Crippen LogP contribution in [0.2, 0.25) is 0 Å². The number of carbonyl (C=O) groups is 2. The Balaban J connectivity index is 1.90. The number of nitrogens with zero attached hydrogens (tertiary/aromatic N) is 3. The van der Waals surface area contributed by atoms with Crippen LogP contribution in [0.4, 0.5) is 4.79 Å². The zero-order valence-corrected chi connectivity index (χ0v) is 9.74. The van der Waals surface area contributed by atoms with E-state index in [9.17, 15) is 9.59 Å². The van der Waals surface area contributed by atoms with E-state index in [1.807, 2.05) is 0 Å². The van der Waals surface area contributed by atoms with Crippen LogP contribution in [-0.4, -0.2) is 44.8 Å². The molecule has 0 aliphatic carbocycles. The van der Waals surface area contributed by atoms with Crippen LogP contribution in [0.3, 0.4) is 0 Å². The average molecular weight is 250 g/mol. The lowest BCUT2D eigenvalue weighted by Gasteiger charge is -2.21. The molecule has 1 saturated heterocycles. The van der Waals surface area contributed by atoms with Crippen molar-refractivity contribution in [3.63, 3.8) is 0 Å². The molecule has 18 heavy (non-hydrogen) atoms. The maximum atomic E-state index is 11.8. The molecule has 1 aliphatic heterocycles. The van der Waals surface area contributed by atoms with E-state index in [-0.39, 0.29) is 12.6 Å². The second-order valence-electron chi connectivity index (χ2n) is 4.06. The highest BCUT2D eigenvalue weighted by molar-refractivity contribution is 5.83. The smallest absolute Gasteiger partial charge is 0.326 e. The number of amides is 2. The molecule has 7 nitrogen and oxygen atoms in total. The van der Waals surface area contributed by atoms with Gasteiger partial charge in [0.1, 0.15) is 6.04 Å². The van der Waals surface area contributed by atoms with Crippen LogP contribution in [0.15, 0.2) is 18.3 Å². The summed E-state index contributed by atoms with van der Waals surface area (Å²) in [6.45, 7) is 0.721. The van der Waals surface area contributed by atoms with E-state index in [4.69, 9.17) is 5.11 Å². The first kappa shape index (κ1) is 12.3. The lowest BCUT2D eigenvalue weighted by atomic mass is 10.2. The zero-order chi connectivity index (χ0) is 13.0. The Kier molecular flexibility index (Phi) is 3.71. The van der Waals surface area contributed by atoms with Crippen LogP contribution in [0, 0.1) is 0 Å². The summed E-state index contributed by atoms with van der Waals surface area (Å²) in [5.74, 6) is -0.956. The largest absolute Gasteiger partial charge is 0.480 e. The fourth-order valence-corrected chi connectivity index (χ4v) is 1.96. The predicted molar refractivity (Wildman–Crippen MR) is 61.6 cm³/mol. The van der Waals surface area contributed by atoms with Gasteiger partial charge >= 0.3 is 12.0 Å². The minimum Gasteiger partial charge on any atom is -0.480 e. The maximum Gasteiger partial charge on any atom is 0.326 e. The van der Waals surface area contributed by atoms with Crippen LogP contribution in [-0.2, 0) is 11.3 Å². The van der Waals surface area contributed by atoms with Gasteiger partial charge in [0.2, 0.25) is 0 Å². The first-order valence-corrected chi connectivity index (χ1v) is 5.72. The number of carbonyl (C=O) groups excluding carboxylic acids is 1. The molecule has 0 aromatic carbocycles. The number of nitrogens with one attached hydrogen (secondary N) is 1. The molecule has 0 spiro atoms. The lowest BCUT2D eigenvalue weighted by molar-refractivity contribution is -0.141. The summed E-state index contributed by atoms with van der Waals surface area (Å²) in [6, 6.07) is 2.38. The van der Waals surface area contributed by atoms with Crippen molar-refractivity contribution in [2.24, 2.45) is 0 Å². The molecule has 7 heteroatoms. The van der Waals surface area contributed by atoms with Crippen molar-refractivity contribution in [1.82, 2.24) is 20.4 Å². The Bertz CT molecular complexity index is 437. The third-order valence-corrected chi connectivity index (χ3v) is 2.85. The van der Waals surface area contributed by atoms with E-state index < -0.39 is 12.0 Å². The quantitative estimate of drug-likeness (QED) is 0.801. The molecule has 1 fully saturated rings. The van der Waals surface area contributed by atoms with Crippen molar-refractivity contribution in [3.05, 3.63) is 24.0 Å². The summed E-state index contributed by atoms with van der Waals surface area (Å²) in [7, 11) is 0. The Morgan fingerprint density at radius 1 is 1.56 bits per heavy atom. The topological polar surface area (TPSA) is 95.4 Å². The molecule has 1 aromatic heterocycles. The van der Waals surface area contributed by atoms with Crippen LogP contribution >= 0.6 is 0 Å². The van der Waals surface area contributed by atoms with E-state index in [2.05, 4.69) is 15.5 Å². The van der Waals surface area contributed by atoms with Crippen molar-refractivity contribution < 1.29 is 14.7 Å². The summed E-state index contributed by atoms with van der Waals surface area (Å²) in [6.07, 6.45) is 2.77. The van der Waals surface area contributed by atoms with Gasteiger partial charge < -0.3 is 15.3 Å². The highest BCUT2D eigenvalue weighted by Crippen LogP contribution is 2.17. The molecular formula is C11H14N4O3. The molecule has 0 bridgehead atoms. The number of urea groups is 1. The lowest BCUT2D eigenvalue weighted by Crippen LogP contribution is -2.45. The number of aromatic nitrogens is 2. The standard InChI is InChI=1S/C11H14N4O3/c16-10(17)9-4-2-6-15(9)11(18)12-7-8-3-1-5-13-14-8/h1,3,5,9H,2,4,6-7H2,(H,12,18)(H,16,17)/t9-/m1/s1. The summed E-state index contributed by atoms with van der Waals surface area (Å²) in [4.78, 5) is 24.1. The highest BCUT2D eigenvalue weighted by Gasteiger charge is 2.33. The number of hydrogen-bond donors (Lipinski definition) is 2. The first-order valence-electron chi connectivity index (χ1n) is 5.72. The van der Waals surface area contributed by atoms with Gasteiger partial charge in [0, 0.05) is 12.7 Å². The first-order chi connectivity index (χ1) is 8.68. The van der Waals surface area contributed by atoms with E-state index in [0.717, 1.165) is 6.42 Å². The molecule has 1 aliphatic rings. The van der Waals surface area contributed by atoms with Gasteiger partial charge in [-0.2, -0.15) is 10.2 Å². The summed E-state index contributed by atoms with van der Waals surface area (Å²) < 4.78 is 0. The van der Waals surface area contributed by atoms with Crippen molar-refractivity contribution in [1.29, 1.82) is 0 Å². The van der Waals surface area contributed by atoms with Crippen LogP contribution in [0.25, 0.3) is 0 Å². The normalized spacial score (nSPS) is 18.7. The third-order valence-electron chi connectivity index (χ3n) is 2.85. The summed E-state index contributed by atoms with van der Waals surface area (Å²) in [5.41, 5.74) is 0.636. The van der Waals surface area contributed by atoms with E-state index >= 15 is 0 Å². The fraction of sp³-hybridized carbons (Fsp3) is 0.455. The molecule has 0 radical (unpaired) electrons. The molecule has 1 atom stereocenters. The van der Waals surface area contributed by atoms with Gasteiger partial charge in [0.05, 0.1) is 12.2 Å². The van der Waals surface area contributed by atoms with Gasteiger partial charge in [-0.05, 0) is 25.0 Å². The van der Waals surface area contributed by atoms with Gasteiger partial charge in [-0.1, -0.05) is 0 Å². The highest BCUT2D eigenvalue weighted by atomic mass is 16.4. The zero-order valence-electron chi connectivity index (χ0n) is 9.74. The molecule has 96 valence electrons. The molecule has 0 saturated carbocycles. The Morgan fingerprint density at radius 3 is 3.06 bits per heavy atom. The van der Waals surface area contributed by atoms with E-state index in [1.165, 1.54) is 4.90 Å². The van der Waals surface area contributed by atoms with Gasteiger partial charge in [0.15, 0.2) is 0 Å². The fourth-order valence-electron chi connectivity index (χ4n) is 1.96. The minimum atomic E-state index is -0.956. The predicted octanol–water partition coefficient (Wildman–Crippen LogP) is 0.235. The number of likely N-dealkylation sites (tertiary alicyclic amines) is 1. The van der Waals surface area contributed by atoms with E-state index in [1.54, 1.807) is 18.3 Å². The molecule has 2 rings (SSSR count). The van der Waals surface area contributed by atoms with Crippen LogP contribution < -0.4 is 5.32 Å². The van der Waals surface area contributed by atoms with Gasteiger partial charge in [0.25, 0.3) is 0 Å². The minimum absolute atomic E-state index is 0.246. The molecule has 2 amide bonds. The average Bonchev–Trinajstić information content (AvgIpc) is 2.86. The Hall–Kier alpha value is -2.18. The number of carboxylic acid groups (broad SMARTS) is 1. The molecular weight excluding hydrogens is 236 g/mol. The van der Waals surface area contributed by atoms with Gasteiger partial charge in [-0.25, -0.2) is 9.59 Å². The van der Waals surface area contributed by atoms with Crippen molar-refractivity contribution in [2.45, 2.75) is 25.4 Å². The van der Waals surface area contributed by atoms with Crippen molar-refractivity contribution >= 4 is 12.0 Å². The number of aliphatic carboxylic acids is 1. The maximum absolute atomic E-state index is 11.8. The van der Waals surface area contributed by atoms with Crippen molar-refractivity contribution in [2.75, 3.05) is 6.54 Å². The second kappa shape index (κ2) is 5.44. The second-order valence-corrected chi connectivity index (χ2v) is 4.06. The van der Waals surface area contributed by atoms with Gasteiger partial charge in [-0.3, -0.25) is 0 Å². The number of hydrogen-bond acceptors (Lipinski definition) is 4. The SMILES string of the molecule is O=C(O)[C@H]1CCCN1C(=O)NCc1cccnn1. The monoisotopic (exact) mass is 250 g/mol. The summed E-state index contributed by atoms with van der Waals surface area (Å²) >= 11 is 0. The van der Waals surface area contributed by atoms with Crippen LogP contribution in [0.5, 0.6) is 0 Å². The molecule has 2 N–H and O–H groups in total. The number of carboxylic acids is 1. The molecule has 2 heterocycles. The third kappa shape index (κ3) is 2.73.